The van der Waals surface area contributed by atoms with Gasteiger partial charge in [0.25, 0.3) is 0 Å². The van der Waals surface area contributed by atoms with Gasteiger partial charge in [-0.05, 0) is 55.7 Å². The minimum absolute atomic E-state index is 0.0161. The zero-order valence-corrected chi connectivity index (χ0v) is 16.9. The van der Waals surface area contributed by atoms with Crippen LogP contribution >= 0.6 is 23.1 Å². The van der Waals surface area contributed by atoms with Gasteiger partial charge in [0.1, 0.15) is 0 Å². The fourth-order valence-electron chi connectivity index (χ4n) is 5.25. The molecular weight excluding hydrogens is 388 g/mol. The normalized spacial score (nSPS) is 33.4. The monoisotopic (exact) mass is 408 g/mol. The molecule has 1 aromatic carbocycles. The first-order valence-electron chi connectivity index (χ1n) is 9.99. The number of hydrogen-bond donors (Lipinski definition) is 0. The van der Waals surface area contributed by atoms with Crippen molar-refractivity contribution < 1.29 is 9.59 Å². The van der Waals surface area contributed by atoms with Crippen molar-refractivity contribution in [3.63, 3.8) is 0 Å². The average molecular weight is 409 g/mol. The van der Waals surface area contributed by atoms with Crippen LogP contribution in [0.5, 0.6) is 0 Å². The summed E-state index contributed by atoms with van der Waals surface area (Å²) >= 11 is 3.47. The molecule has 1 saturated heterocycles. The minimum atomic E-state index is -0.149. The largest absolute Gasteiger partial charge is 0.274 e. The fraction of sp³-hybridized carbons (Fsp3) is 0.409. The number of rotatable bonds is 3. The number of amides is 2. The van der Waals surface area contributed by atoms with E-state index in [-0.39, 0.29) is 35.5 Å². The maximum Gasteiger partial charge on any atom is 0.238 e. The van der Waals surface area contributed by atoms with E-state index in [9.17, 15) is 9.59 Å². The van der Waals surface area contributed by atoms with Crippen LogP contribution in [0.25, 0.3) is 10.2 Å². The molecule has 6 rings (SSSR count). The number of carbonyl (C=O) groups excluding carboxylic acids is 2. The molecule has 4 aliphatic rings. The molecule has 0 N–H and O–H groups in total. The van der Waals surface area contributed by atoms with Crippen LogP contribution < -0.4 is 4.90 Å². The molecular formula is C22H20N2O2S2. The summed E-state index contributed by atoms with van der Waals surface area (Å²) in [5, 5.41) is 0.498. The Hall–Kier alpha value is -1.92. The lowest BCUT2D eigenvalue weighted by Crippen LogP contribution is -2.32. The smallest absolute Gasteiger partial charge is 0.238 e. The van der Waals surface area contributed by atoms with Crippen LogP contribution in [-0.2, 0) is 9.59 Å². The topological polar surface area (TPSA) is 50.3 Å². The summed E-state index contributed by atoms with van der Waals surface area (Å²) < 4.78 is 2.10. The summed E-state index contributed by atoms with van der Waals surface area (Å²) in [4.78, 5) is 32.3. The van der Waals surface area contributed by atoms with Crippen molar-refractivity contribution in [2.45, 2.75) is 35.3 Å². The van der Waals surface area contributed by atoms with Gasteiger partial charge in [0.15, 0.2) is 4.34 Å². The quantitative estimate of drug-likeness (QED) is 0.540. The van der Waals surface area contributed by atoms with Gasteiger partial charge in [0.05, 0.1) is 27.7 Å². The average Bonchev–Trinajstić information content (AvgIpc) is 3.45. The number of imide groups is 1. The Morgan fingerprint density at radius 2 is 1.86 bits per heavy atom. The van der Waals surface area contributed by atoms with Crippen LogP contribution in [-0.4, -0.2) is 22.0 Å². The van der Waals surface area contributed by atoms with Gasteiger partial charge in [0, 0.05) is 5.25 Å². The zero-order chi connectivity index (χ0) is 18.8. The van der Waals surface area contributed by atoms with E-state index in [1.165, 1.54) is 24.2 Å². The van der Waals surface area contributed by atoms with E-state index in [1.807, 2.05) is 30.0 Å². The van der Waals surface area contributed by atoms with Crippen molar-refractivity contribution in [1.29, 1.82) is 0 Å². The number of benzene rings is 1. The van der Waals surface area contributed by atoms with Crippen LogP contribution in [0.1, 0.15) is 25.7 Å². The molecule has 6 heteroatoms. The maximum atomic E-state index is 13.0. The van der Waals surface area contributed by atoms with Gasteiger partial charge in [-0.2, -0.15) is 0 Å². The number of nitrogens with zero attached hydrogens (tertiary/aromatic N) is 2. The van der Waals surface area contributed by atoms with Crippen LogP contribution in [0.15, 0.2) is 46.8 Å². The summed E-state index contributed by atoms with van der Waals surface area (Å²) in [6.45, 7) is 0. The van der Waals surface area contributed by atoms with Gasteiger partial charge in [-0.25, -0.2) is 9.88 Å². The number of aromatic nitrogens is 1. The van der Waals surface area contributed by atoms with Gasteiger partial charge < -0.3 is 0 Å². The van der Waals surface area contributed by atoms with Crippen molar-refractivity contribution in [2.75, 3.05) is 4.90 Å². The van der Waals surface area contributed by atoms with E-state index in [2.05, 4.69) is 24.3 Å². The summed E-state index contributed by atoms with van der Waals surface area (Å²) in [5.74, 6) is 0.160. The highest BCUT2D eigenvalue weighted by molar-refractivity contribution is 8.01. The van der Waals surface area contributed by atoms with E-state index >= 15 is 0 Å². The Labute approximate surface area is 171 Å². The second-order valence-electron chi connectivity index (χ2n) is 8.16. The third-order valence-corrected chi connectivity index (χ3v) is 8.88. The lowest BCUT2D eigenvalue weighted by atomic mass is 9.85. The first kappa shape index (κ1) is 17.0. The Morgan fingerprint density at radius 1 is 1.07 bits per heavy atom. The van der Waals surface area contributed by atoms with Crippen molar-refractivity contribution in [3.8, 4) is 0 Å². The van der Waals surface area contributed by atoms with Crippen LogP contribution in [0.3, 0.4) is 0 Å². The summed E-state index contributed by atoms with van der Waals surface area (Å²) in [6.07, 6.45) is 13.4. The number of allylic oxidation sites excluding steroid dienone is 3. The van der Waals surface area contributed by atoms with Crippen LogP contribution in [0.4, 0.5) is 5.69 Å². The third kappa shape index (κ3) is 2.47. The summed E-state index contributed by atoms with van der Waals surface area (Å²) in [7, 11) is 0. The molecule has 142 valence electrons. The summed E-state index contributed by atoms with van der Waals surface area (Å²) in [6, 6.07) is 5.80. The van der Waals surface area contributed by atoms with Crippen molar-refractivity contribution in [1.82, 2.24) is 4.98 Å². The number of fused-ring (bicyclic) bond motifs is 6. The highest BCUT2D eigenvalue weighted by Crippen LogP contribution is 2.53. The maximum absolute atomic E-state index is 13.0. The summed E-state index contributed by atoms with van der Waals surface area (Å²) in [5.41, 5.74) is 1.64. The zero-order valence-electron chi connectivity index (χ0n) is 15.3. The Kier molecular flexibility index (Phi) is 3.82. The molecule has 1 aliphatic heterocycles. The van der Waals surface area contributed by atoms with Crippen molar-refractivity contribution >= 4 is 50.8 Å². The van der Waals surface area contributed by atoms with E-state index in [4.69, 9.17) is 4.98 Å². The van der Waals surface area contributed by atoms with Gasteiger partial charge in [-0.15, -0.1) is 11.3 Å². The van der Waals surface area contributed by atoms with Crippen molar-refractivity contribution in [3.05, 3.63) is 42.5 Å². The molecule has 1 aromatic heterocycles. The fourth-order valence-corrected chi connectivity index (χ4v) is 7.69. The van der Waals surface area contributed by atoms with E-state index in [0.29, 0.717) is 10.9 Å². The number of thiazole rings is 1. The molecule has 4 nitrogen and oxygen atoms in total. The van der Waals surface area contributed by atoms with Crippen LogP contribution in [0.2, 0.25) is 0 Å². The number of thioether (sulfide) groups is 1. The SMILES string of the molecule is O=C1[C@@H]2[C@H](C(=O)N1c1ccc3nc(S[C@H]4C=CCCC4)sc3c1)[C@@H]1C=C[C@H]2C1. The molecule has 1 saturated carbocycles. The molecule has 5 atom stereocenters. The first-order valence-corrected chi connectivity index (χ1v) is 11.7. The molecule has 3 aliphatic carbocycles. The van der Waals surface area contributed by atoms with Crippen LogP contribution in [0, 0.1) is 23.7 Å². The Morgan fingerprint density at radius 3 is 2.57 bits per heavy atom. The lowest BCUT2D eigenvalue weighted by molar-refractivity contribution is -0.123. The highest BCUT2D eigenvalue weighted by atomic mass is 32.2. The Bertz CT molecular complexity index is 1030. The number of hydrogen-bond acceptors (Lipinski definition) is 5. The predicted molar refractivity (Wildman–Crippen MR) is 112 cm³/mol. The van der Waals surface area contributed by atoms with E-state index in [0.717, 1.165) is 21.0 Å². The standard InChI is InChI=1S/C22H20N2O2S2/c25-20-18-12-6-7-13(10-12)19(18)21(26)24(20)14-8-9-16-17(11-14)28-22(23-16)27-15-4-2-1-3-5-15/h2,4,6-9,11-13,15,18-19H,1,3,5,10H2/t12-,13+,15-,18-,19+/m0/s1. The van der Waals surface area contributed by atoms with E-state index in [1.54, 1.807) is 11.3 Å². The van der Waals surface area contributed by atoms with Gasteiger partial charge in [-0.3, -0.25) is 9.59 Å². The molecule has 2 bridgehead atoms. The Balaban J connectivity index is 1.30. The second kappa shape index (κ2) is 6.29. The molecule has 28 heavy (non-hydrogen) atoms. The third-order valence-electron chi connectivity index (χ3n) is 6.54. The molecule has 2 fully saturated rings. The van der Waals surface area contributed by atoms with Gasteiger partial charge >= 0.3 is 0 Å². The number of carbonyl (C=O) groups is 2. The van der Waals surface area contributed by atoms with Crippen molar-refractivity contribution in [2.24, 2.45) is 23.7 Å². The molecule has 0 unspecified atom stereocenters. The second-order valence-corrected chi connectivity index (χ2v) is 10.7. The molecule has 0 spiro atoms. The molecule has 2 amide bonds. The van der Waals surface area contributed by atoms with Gasteiger partial charge in [-0.1, -0.05) is 36.1 Å². The predicted octanol–water partition coefficient (Wildman–Crippen LogP) is 4.81. The first-order chi connectivity index (χ1) is 13.7. The van der Waals surface area contributed by atoms with Gasteiger partial charge in [0.2, 0.25) is 11.8 Å². The molecule has 0 radical (unpaired) electrons. The highest BCUT2D eigenvalue weighted by Gasteiger charge is 2.59. The number of anilines is 1. The minimum Gasteiger partial charge on any atom is -0.274 e. The molecule has 2 aromatic rings. The lowest BCUT2D eigenvalue weighted by Gasteiger charge is -2.17. The molecule has 2 heterocycles. The van der Waals surface area contributed by atoms with E-state index < -0.39 is 0 Å².